The van der Waals surface area contributed by atoms with Crippen LogP contribution in [-0.4, -0.2) is 87.4 Å². The standard InChI is InChI=1S/C59H103NO8/c1-6-8-10-12-14-16-18-20-22-23-24-25-26-27-28-29-30-31-32-33-34-35-36-38-40-42-44-46-48-50-57(62)68-55(54-67-59(58(63)64)65-52-51-60(3,4)5)53-66-56(61)49-47-45-43-41-39-37-21-19-17-15-13-11-9-7-2/h8,10,13-16,19-22,24-25,55,59H,6-7,9,11-12,17-18,23,26-54H2,1-5H3/p+1/b10-8-,15-13-,16-14-,21-19-,22-20-,25-24-. The number of quaternary nitrogens is 1. The molecule has 0 aromatic rings. The van der Waals surface area contributed by atoms with Gasteiger partial charge in [0.15, 0.2) is 6.10 Å². The fourth-order valence-corrected chi connectivity index (χ4v) is 7.43. The van der Waals surface area contributed by atoms with Crippen molar-refractivity contribution in [2.45, 2.75) is 238 Å². The van der Waals surface area contributed by atoms with E-state index in [1.165, 1.54) is 103 Å². The largest absolute Gasteiger partial charge is 0.477 e. The molecule has 0 rings (SSSR count). The number of esters is 2. The first-order valence-electron chi connectivity index (χ1n) is 27.6. The van der Waals surface area contributed by atoms with Gasteiger partial charge in [-0.25, -0.2) is 4.79 Å². The molecule has 2 atom stereocenters. The van der Waals surface area contributed by atoms with Crippen LogP contribution in [-0.2, 0) is 33.3 Å². The molecule has 68 heavy (non-hydrogen) atoms. The first-order chi connectivity index (χ1) is 33.1. The lowest BCUT2D eigenvalue weighted by Gasteiger charge is -2.25. The predicted octanol–water partition coefficient (Wildman–Crippen LogP) is 15.8. The number of aliphatic carboxylic acids is 1. The normalized spacial score (nSPS) is 13.4. The maximum atomic E-state index is 12.8. The Bertz CT molecular complexity index is 1340. The maximum absolute atomic E-state index is 12.8. The van der Waals surface area contributed by atoms with Crippen LogP contribution in [0.15, 0.2) is 72.9 Å². The van der Waals surface area contributed by atoms with Crippen LogP contribution in [0.5, 0.6) is 0 Å². The molecule has 0 heterocycles. The van der Waals surface area contributed by atoms with Gasteiger partial charge in [0.25, 0.3) is 6.29 Å². The minimum atomic E-state index is -1.51. The molecule has 0 fully saturated rings. The molecule has 0 saturated heterocycles. The summed E-state index contributed by atoms with van der Waals surface area (Å²) in [5.74, 6) is -2.02. The molecule has 0 amide bonds. The summed E-state index contributed by atoms with van der Waals surface area (Å²) >= 11 is 0. The van der Waals surface area contributed by atoms with Crippen LogP contribution in [0, 0.1) is 0 Å². The van der Waals surface area contributed by atoms with Crippen molar-refractivity contribution in [3.8, 4) is 0 Å². The molecule has 9 nitrogen and oxygen atoms in total. The molecule has 0 aromatic carbocycles. The fourth-order valence-electron chi connectivity index (χ4n) is 7.43. The summed E-state index contributed by atoms with van der Waals surface area (Å²) in [5, 5.41) is 9.68. The van der Waals surface area contributed by atoms with Gasteiger partial charge in [0.1, 0.15) is 13.2 Å². The Balaban J connectivity index is 4.19. The van der Waals surface area contributed by atoms with Crippen molar-refractivity contribution >= 4 is 17.9 Å². The van der Waals surface area contributed by atoms with Gasteiger partial charge in [0.05, 0.1) is 34.4 Å². The number of carboxylic acid groups (broad SMARTS) is 1. The maximum Gasteiger partial charge on any atom is 0.361 e. The summed E-state index contributed by atoms with van der Waals surface area (Å²) in [4.78, 5) is 37.3. The lowest BCUT2D eigenvalue weighted by atomic mass is 10.0. The van der Waals surface area contributed by atoms with E-state index >= 15 is 0 Å². The monoisotopic (exact) mass is 955 g/mol. The van der Waals surface area contributed by atoms with Gasteiger partial charge < -0.3 is 28.5 Å². The van der Waals surface area contributed by atoms with Gasteiger partial charge in [-0.3, -0.25) is 9.59 Å². The first-order valence-corrected chi connectivity index (χ1v) is 27.6. The molecule has 0 aliphatic heterocycles. The summed E-state index contributed by atoms with van der Waals surface area (Å²) in [7, 11) is 5.96. The highest BCUT2D eigenvalue weighted by atomic mass is 16.7. The van der Waals surface area contributed by atoms with Crippen LogP contribution in [0.4, 0.5) is 0 Å². The number of unbranched alkanes of at least 4 members (excludes halogenated alkanes) is 23. The SMILES string of the molecule is CC/C=C\C/C=C\C/C=C\C/C=C\CCCCCCCCCCCCCCCCCCC(=O)OC(COC(=O)CCCCCCC/C=C\C/C=C\CCCC)COC(OCC[N+](C)(C)C)C(=O)O. The quantitative estimate of drug-likeness (QED) is 0.0211. The van der Waals surface area contributed by atoms with E-state index in [-0.39, 0.29) is 38.6 Å². The molecule has 0 aliphatic rings. The Morgan fingerprint density at radius 2 is 0.838 bits per heavy atom. The van der Waals surface area contributed by atoms with E-state index in [0.717, 1.165) is 96.3 Å². The Labute approximate surface area is 417 Å². The van der Waals surface area contributed by atoms with Crippen molar-refractivity contribution in [3.63, 3.8) is 0 Å². The van der Waals surface area contributed by atoms with Crippen LogP contribution in [0.3, 0.4) is 0 Å². The molecule has 392 valence electrons. The Kier molecular flexibility index (Phi) is 47.7. The number of allylic oxidation sites excluding steroid dienone is 12. The van der Waals surface area contributed by atoms with Crippen LogP contribution in [0.1, 0.15) is 226 Å². The zero-order valence-electron chi connectivity index (χ0n) is 44.5. The van der Waals surface area contributed by atoms with Crippen LogP contribution < -0.4 is 0 Å². The Morgan fingerprint density at radius 1 is 0.456 bits per heavy atom. The second-order valence-electron chi connectivity index (χ2n) is 19.5. The van der Waals surface area contributed by atoms with Crippen molar-refractivity contribution in [2.75, 3.05) is 47.5 Å². The molecule has 0 bridgehead atoms. The summed E-state index contributed by atoms with van der Waals surface area (Å²) in [6, 6.07) is 0. The van der Waals surface area contributed by atoms with Gasteiger partial charge in [-0.1, -0.05) is 209 Å². The Morgan fingerprint density at radius 3 is 1.25 bits per heavy atom. The Hall–Kier alpha value is -3.27. The summed E-state index contributed by atoms with van der Waals surface area (Å²) in [6.45, 7) is 4.71. The van der Waals surface area contributed by atoms with E-state index in [1.54, 1.807) is 0 Å². The smallest absolute Gasteiger partial charge is 0.361 e. The lowest BCUT2D eigenvalue weighted by molar-refractivity contribution is -0.870. The van der Waals surface area contributed by atoms with Gasteiger partial charge in [-0.2, -0.15) is 0 Å². The minimum Gasteiger partial charge on any atom is -0.477 e. The van der Waals surface area contributed by atoms with Crippen molar-refractivity contribution in [2.24, 2.45) is 0 Å². The van der Waals surface area contributed by atoms with Crippen LogP contribution >= 0.6 is 0 Å². The molecule has 0 saturated carbocycles. The number of hydrogen-bond donors (Lipinski definition) is 1. The third kappa shape index (κ3) is 50.6. The van der Waals surface area contributed by atoms with Crippen LogP contribution in [0.25, 0.3) is 0 Å². The molecule has 0 spiro atoms. The first kappa shape index (κ1) is 64.7. The zero-order valence-corrected chi connectivity index (χ0v) is 44.5. The van der Waals surface area contributed by atoms with E-state index < -0.39 is 24.3 Å². The lowest BCUT2D eigenvalue weighted by Crippen LogP contribution is -2.40. The number of hydrogen-bond acceptors (Lipinski definition) is 7. The van der Waals surface area contributed by atoms with E-state index in [2.05, 4.69) is 86.8 Å². The average Bonchev–Trinajstić information content (AvgIpc) is 3.30. The molecule has 0 radical (unpaired) electrons. The van der Waals surface area contributed by atoms with Gasteiger partial charge in [0.2, 0.25) is 0 Å². The molecular formula is C59H104NO8+. The molecule has 0 aromatic heterocycles. The number of rotatable bonds is 50. The molecule has 0 aliphatic carbocycles. The number of carboxylic acids is 1. The van der Waals surface area contributed by atoms with Gasteiger partial charge in [0, 0.05) is 12.8 Å². The highest BCUT2D eigenvalue weighted by molar-refractivity contribution is 5.71. The van der Waals surface area contributed by atoms with Gasteiger partial charge in [-0.15, -0.1) is 0 Å². The van der Waals surface area contributed by atoms with Crippen molar-refractivity contribution < 1.29 is 42.9 Å². The average molecular weight is 955 g/mol. The number of likely N-dealkylation sites (N-methyl/N-ethyl adjacent to an activating group) is 1. The minimum absolute atomic E-state index is 0.184. The second-order valence-corrected chi connectivity index (χ2v) is 19.5. The predicted molar refractivity (Wildman–Crippen MR) is 286 cm³/mol. The van der Waals surface area contributed by atoms with E-state index in [0.29, 0.717) is 11.0 Å². The molecular weight excluding hydrogens is 851 g/mol. The van der Waals surface area contributed by atoms with Gasteiger partial charge >= 0.3 is 17.9 Å². The van der Waals surface area contributed by atoms with Crippen molar-refractivity contribution in [1.29, 1.82) is 0 Å². The zero-order chi connectivity index (χ0) is 49.9. The summed E-state index contributed by atoms with van der Waals surface area (Å²) in [5.41, 5.74) is 0. The number of ether oxygens (including phenoxy) is 4. The van der Waals surface area contributed by atoms with Crippen molar-refractivity contribution in [3.05, 3.63) is 72.9 Å². The second kappa shape index (κ2) is 50.1. The van der Waals surface area contributed by atoms with E-state index in [9.17, 15) is 19.5 Å². The van der Waals surface area contributed by atoms with Crippen molar-refractivity contribution in [1.82, 2.24) is 0 Å². The number of nitrogens with zero attached hydrogens (tertiary/aromatic N) is 1. The van der Waals surface area contributed by atoms with Gasteiger partial charge in [-0.05, 0) is 77.0 Å². The van der Waals surface area contributed by atoms with Crippen LogP contribution in [0.2, 0.25) is 0 Å². The van der Waals surface area contributed by atoms with E-state index in [4.69, 9.17) is 18.9 Å². The third-order valence-electron chi connectivity index (χ3n) is 11.7. The topological polar surface area (TPSA) is 108 Å². The molecule has 1 N–H and O–H groups in total. The number of carbonyl (C=O) groups excluding carboxylic acids is 2. The van der Waals surface area contributed by atoms with E-state index in [1.807, 2.05) is 21.1 Å². The molecule has 9 heteroatoms. The highest BCUT2D eigenvalue weighted by Gasteiger charge is 2.25. The highest BCUT2D eigenvalue weighted by Crippen LogP contribution is 2.16. The third-order valence-corrected chi connectivity index (χ3v) is 11.7. The summed E-state index contributed by atoms with van der Waals surface area (Å²) in [6.07, 6.45) is 61.2. The fraction of sp³-hybridized carbons (Fsp3) is 0.746. The number of carbonyl (C=O) groups is 3. The summed E-state index contributed by atoms with van der Waals surface area (Å²) < 4.78 is 22.8. The molecule has 2 unspecified atom stereocenters.